The molecule has 31 heavy (non-hydrogen) atoms. The highest BCUT2D eigenvalue weighted by atomic mass is 19.1. The zero-order chi connectivity index (χ0) is 22.2. The quantitative estimate of drug-likeness (QED) is 0.416. The Kier molecular flexibility index (Phi) is 7.16. The summed E-state index contributed by atoms with van der Waals surface area (Å²) in [6.07, 6.45) is 9.87. The van der Waals surface area contributed by atoms with Crippen LogP contribution in [-0.4, -0.2) is 21.4 Å². The Morgan fingerprint density at radius 2 is 1.94 bits per heavy atom. The first-order chi connectivity index (χ1) is 15.0. The molecule has 6 nitrogen and oxygen atoms in total. The topological polar surface area (TPSA) is 79.8 Å². The number of hydrogen-bond acceptors (Lipinski definition) is 5. The van der Waals surface area contributed by atoms with E-state index < -0.39 is 11.6 Å². The number of nitrogens with one attached hydrogen (secondary N) is 2. The van der Waals surface area contributed by atoms with Crippen LogP contribution in [0.15, 0.2) is 61.2 Å². The van der Waals surface area contributed by atoms with Crippen LogP contribution >= 0.6 is 0 Å². The molecule has 0 aliphatic heterocycles. The van der Waals surface area contributed by atoms with Crippen LogP contribution in [0.3, 0.4) is 0 Å². The molecule has 2 N–H and O–H groups in total. The van der Waals surface area contributed by atoms with E-state index in [0.29, 0.717) is 23.1 Å². The molecule has 0 saturated heterocycles. The molecule has 3 heterocycles. The highest BCUT2D eigenvalue weighted by Crippen LogP contribution is 2.25. The van der Waals surface area contributed by atoms with E-state index >= 15 is 0 Å². The Balaban J connectivity index is 1.80. The second-order valence-electron chi connectivity index (χ2n) is 6.62. The second kappa shape index (κ2) is 10.2. The monoisotopic (exact) mass is 421 g/mol. The molecule has 3 rings (SSSR count). The number of carbonyl (C=O) groups is 1. The minimum atomic E-state index is -0.586. The van der Waals surface area contributed by atoms with E-state index in [2.05, 4.69) is 25.6 Å². The molecule has 0 saturated carbocycles. The number of nitrogens with zero attached hydrogens (tertiary/aromatic N) is 3. The van der Waals surface area contributed by atoms with Crippen molar-refractivity contribution in [1.29, 1.82) is 0 Å². The lowest BCUT2D eigenvalue weighted by molar-refractivity contribution is -0.108. The van der Waals surface area contributed by atoms with Crippen LogP contribution in [0.5, 0.6) is 0 Å². The number of halogens is 2. The maximum atomic E-state index is 15.0. The van der Waals surface area contributed by atoms with Crippen LogP contribution in [0.1, 0.15) is 23.7 Å². The van der Waals surface area contributed by atoms with Gasteiger partial charge in [0.15, 0.2) is 11.6 Å². The molecule has 1 amide bonds. The lowest BCUT2D eigenvalue weighted by atomic mass is 10.1. The van der Waals surface area contributed by atoms with Crippen molar-refractivity contribution in [3.8, 4) is 11.3 Å². The largest absolute Gasteiger partial charge is 0.363 e. The van der Waals surface area contributed by atoms with E-state index in [1.807, 2.05) is 6.92 Å². The van der Waals surface area contributed by atoms with Crippen molar-refractivity contribution in [2.45, 2.75) is 20.4 Å². The molecule has 158 valence electrons. The summed E-state index contributed by atoms with van der Waals surface area (Å²) in [7, 11) is 0. The highest BCUT2D eigenvalue weighted by molar-refractivity contribution is 5.76. The Morgan fingerprint density at radius 3 is 2.65 bits per heavy atom. The minimum Gasteiger partial charge on any atom is -0.363 e. The van der Waals surface area contributed by atoms with E-state index in [4.69, 9.17) is 0 Å². The summed E-state index contributed by atoms with van der Waals surface area (Å²) in [6.45, 7) is 3.73. The molecule has 0 bridgehead atoms. The smallest absolute Gasteiger partial charge is 0.211 e. The first kappa shape index (κ1) is 21.8. The number of allylic oxidation sites excluding steroid dienone is 3. The third-order valence-electron chi connectivity index (χ3n) is 4.38. The number of hydrogen-bond donors (Lipinski definition) is 2. The van der Waals surface area contributed by atoms with Gasteiger partial charge in [-0.2, -0.15) is 0 Å². The van der Waals surface area contributed by atoms with Crippen LogP contribution in [0.2, 0.25) is 0 Å². The number of pyridine rings is 3. The fourth-order valence-electron chi connectivity index (χ4n) is 2.97. The van der Waals surface area contributed by atoms with Crippen molar-refractivity contribution in [1.82, 2.24) is 20.3 Å². The van der Waals surface area contributed by atoms with Crippen LogP contribution in [0.25, 0.3) is 16.8 Å². The van der Waals surface area contributed by atoms with Gasteiger partial charge in [-0.3, -0.25) is 14.8 Å². The van der Waals surface area contributed by atoms with Crippen LogP contribution in [0.4, 0.5) is 14.6 Å². The normalized spacial score (nSPS) is 11.5. The number of aromatic nitrogens is 3. The maximum Gasteiger partial charge on any atom is 0.211 e. The first-order valence-electron chi connectivity index (χ1n) is 9.52. The molecule has 0 unspecified atom stereocenters. The van der Waals surface area contributed by atoms with Gasteiger partial charge >= 0.3 is 0 Å². The Hall–Kier alpha value is -3.94. The summed E-state index contributed by atoms with van der Waals surface area (Å²) in [4.78, 5) is 22.9. The summed E-state index contributed by atoms with van der Waals surface area (Å²) in [5, 5.41) is 5.28. The molecule has 8 heteroatoms. The predicted molar refractivity (Wildman–Crippen MR) is 116 cm³/mol. The molecule has 0 atom stereocenters. The average molecular weight is 421 g/mol. The first-order valence-corrected chi connectivity index (χ1v) is 9.52. The fraction of sp³-hybridized carbons (Fsp3) is 0.130. The SMILES string of the molecule is C/C=C\C(=C/NC=O)c1ccnc(NCc2cnc(-c3ccnc(C)c3)c(F)c2)c1F. The van der Waals surface area contributed by atoms with Gasteiger partial charge in [0.1, 0.15) is 11.5 Å². The average Bonchev–Trinajstić information content (AvgIpc) is 2.76. The Bertz CT molecular complexity index is 1140. The van der Waals surface area contributed by atoms with Crippen molar-refractivity contribution in [2.75, 3.05) is 5.32 Å². The highest BCUT2D eigenvalue weighted by Gasteiger charge is 2.13. The molecule has 3 aromatic heterocycles. The van der Waals surface area contributed by atoms with E-state index in [9.17, 15) is 13.6 Å². The van der Waals surface area contributed by atoms with Crippen molar-refractivity contribution in [3.05, 3.63) is 89.7 Å². The van der Waals surface area contributed by atoms with Gasteiger partial charge in [0.25, 0.3) is 0 Å². The Morgan fingerprint density at radius 1 is 1.13 bits per heavy atom. The Labute approximate surface area is 178 Å². The molecule has 0 aromatic carbocycles. The molecule has 0 spiro atoms. The number of amides is 1. The number of anilines is 1. The predicted octanol–water partition coefficient (Wildman–Crippen LogP) is 4.40. The van der Waals surface area contributed by atoms with E-state index in [-0.39, 0.29) is 23.6 Å². The van der Waals surface area contributed by atoms with E-state index in [1.54, 1.807) is 37.4 Å². The molecule has 0 aliphatic rings. The van der Waals surface area contributed by atoms with Gasteiger partial charge in [-0.15, -0.1) is 0 Å². The molecular weight excluding hydrogens is 400 g/mol. The number of carbonyl (C=O) groups excluding carboxylic acids is 1. The summed E-state index contributed by atoms with van der Waals surface area (Å²) < 4.78 is 29.6. The van der Waals surface area contributed by atoms with Gasteiger partial charge in [-0.1, -0.05) is 12.2 Å². The van der Waals surface area contributed by atoms with Crippen LogP contribution in [-0.2, 0) is 11.3 Å². The standard InChI is InChI=1S/C23H21F2N5O/c1-3-4-18(13-26-14-31)19-6-8-28-23(21(19)25)30-12-16-10-20(24)22(29-11-16)17-5-7-27-15(2)9-17/h3-11,13-14H,12H2,1-2H3,(H,26,31)(H,28,30)/b4-3-,18-13+. The molecule has 0 radical (unpaired) electrons. The minimum absolute atomic E-state index is 0.00764. The van der Waals surface area contributed by atoms with Gasteiger partial charge in [0, 0.05) is 53.7 Å². The van der Waals surface area contributed by atoms with Crippen molar-refractivity contribution in [3.63, 3.8) is 0 Å². The number of rotatable bonds is 8. The molecular formula is C23H21F2N5O. The van der Waals surface area contributed by atoms with Gasteiger partial charge in [-0.25, -0.2) is 13.8 Å². The molecule has 3 aromatic rings. The summed E-state index contributed by atoms with van der Waals surface area (Å²) >= 11 is 0. The van der Waals surface area contributed by atoms with Crippen molar-refractivity contribution >= 4 is 17.8 Å². The molecule has 0 aliphatic carbocycles. The fourth-order valence-corrected chi connectivity index (χ4v) is 2.97. The summed E-state index contributed by atoms with van der Waals surface area (Å²) in [6, 6.07) is 6.30. The van der Waals surface area contributed by atoms with Gasteiger partial charge in [0.05, 0.1) is 0 Å². The van der Waals surface area contributed by atoms with Crippen LogP contribution < -0.4 is 10.6 Å². The lowest BCUT2D eigenvalue weighted by Crippen LogP contribution is -2.07. The summed E-state index contributed by atoms with van der Waals surface area (Å²) in [5.41, 5.74) is 2.90. The van der Waals surface area contributed by atoms with Gasteiger partial charge in [-0.05, 0) is 43.7 Å². The summed E-state index contributed by atoms with van der Waals surface area (Å²) in [5.74, 6) is -1.06. The van der Waals surface area contributed by atoms with Crippen molar-refractivity contribution < 1.29 is 13.6 Å². The number of aryl methyl sites for hydroxylation is 1. The molecule has 0 fully saturated rings. The maximum absolute atomic E-state index is 15.0. The van der Waals surface area contributed by atoms with Gasteiger partial charge in [0.2, 0.25) is 6.41 Å². The van der Waals surface area contributed by atoms with Gasteiger partial charge < -0.3 is 10.6 Å². The van der Waals surface area contributed by atoms with E-state index in [1.165, 1.54) is 30.7 Å². The zero-order valence-corrected chi connectivity index (χ0v) is 17.1. The lowest BCUT2D eigenvalue weighted by Gasteiger charge is -2.11. The van der Waals surface area contributed by atoms with E-state index in [0.717, 1.165) is 5.69 Å². The van der Waals surface area contributed by atoms with Crippen LogP contribution in [0, 0.1) is 18.6 Å². The third-order valence-corrected chi connectivity index (χ3v) is 4.38. The zero-order valence-electron chi connectivity index (χ0n) is 17.1. The second-order valence-corrected chi connectivity index (χ2v) is 6.62. The third kappa shape index (κ3) is 5.36. The van der Waals surface area contributed by atoms with Crippen molar-refractivity contribution in [2.24, 2.45) is 0 Å².